The van der Waals surface area contributed by atoms with Crippen LogP contribution in [-0.2, 0) is 24.0 Å². The first-order chi connectivity index (χ1) is 16.7. The van der Waals surface area contributed by atoms with E-state index in [1.165, 1.54) is 42.6 Å². The largest absolute Gasteiger partial charge is 0.353 e. The maximum absolute atomic E-state index is 12.4. The fraction of sp³-hybridized carbons (Fsp3) is 0.800. The maximum Gasteiger partial charge on any atom is 0.243 e. The number of nitrogens with one attached hydrogen (secondary N) is 1. The summed E-state index contributed by atoms with van der Waals surface area (Å²) < 4.78 is 0. The molecule has 0 bridgehead atoms. The van der Waals surface area contributed by atoms with Crippen LogP contribution in [0, 0.1) is 0 Å². The summed E-state index contributed by atoms with van der Waals surface area (Å²) >= 11 is 1.48. The van der Waals surface area contributed by atoms with Crippen LogP contribution in [0.5, 0.6) is 0 Å². The zero-order valence-electron chi connectivity index (χ0n) is 23.4. The van der Waals surface area contributed by atoms with E-state index in [-0.39, 0.29) is 67.0 Å². The van der Waals surface area contributed by atoms with E-state index in [4.69, 9.17) is 5.73 Å². The molecule has 2 unspecified atom stereocenters. The molecule has 0 saturated carbocycles. The minimum Gasteiger partial charge on any atom is -0.353 e. The highest BCUT2D eigenvalue weighted by Gasteiger charge is 2.35. The normalized spacial score (nSPS) is 14.9. The summed E-state index contributed by atoms with van der Waals surface area (Å²) in [6, 6.07) is -0.829. The van der Waals surface area contributed by atoms with Gasteiger partial charge in [-0.25, -0.2) is 0 Å². The van der Waals surface area contributed by atoms with Crippen molar-refractivity contribution in [1.82, 2.24) is 15.1 Å². The second-order valence-electron chi connectivity index (χ2n) is 7.17. The van der Waals surface area contributed by atoms with Crippen molar-refractivity contribution in [2.24, 2.45) is 5.73 Å². The number of imide groups is 1. The van der Waals surface area contributed by atoms with E-state index < -0.39 is 6.04 Å². The standard InChI is InChI=1S/C19H32N4O5S.3C2H6/c1-13(24)11-14(18(27)21-9-8-20)22(2)16(25)7-5-4-6-10-29-15-12-17(26)23(3)19(15)28;3*1-2/h14-15H,4-12,20H2,1-3H3,(H,21,27);3*1-2H3. The van der Waals surface area contributed by atoms with Gasteiger partial charge in [-0.1, -0.05) is 48.0 Å². The fourth-order valence-corrected chi connectivity index (χ4v) is 4.19. The number of hydrogen-bond acceptors (Lipinski definition) is 7. The topological polar surface area (TPSA) is 130 Å². The van der Waals surface area contributed by atoms with Gasteiger partial charge in [-0.15, -0.1) is 11.8 Å². The first-order valence-corrected chi connectivity index (χ1v) is 13.9. The first-order valence-electron chi connectivity index (χ1n) is 12.8. The Morgan fingerprint density at radius 1 is 1.09 bits per heavy atom. The molecule has 0 aliphatic carbocycles. The quantitative estimate of drug-likeness (QED) is 0.283. The summed E-state index contributed by atoms with van der Waals surface area (Å²) in [4.78, 5) is 61.9. The number of likely N-dealkylation sites (tertiary alicyclic amines) is 1. The van der Waals surface area contributed by atoms with Crippen molar-refractivity contribution < 1.29 is 24.0 Å². The van der Waals surface area contributed by atoms with Gasteiger partial charge < -0.3 is 16.0 Å². The number of carbonyl (C=O) groups is 5. The van der Waals surface area contributed by atoms with Gasteiger partial charge in [-0.2, -0.15) is 0 Å². The van der Waals surface area contributed by atoms with E-state index in [0.717, 1.165) is 18.6 Å². The lowest BCUT2D eigenvalue weighted by molar-refractivity contribution is -0.140. The number of Topliss-reactive ketones (excluding diaryl/α,β-unsaturated/α-hetero) is 1. The molecule has 9 nitrogen and oxygen atoms in total. The van der Waals surface area contributed by atoms with Crippen LogP contribution in [0.15, 0.2) is 0 Å². The minimum atomic E-state index is -0.829. The summed E-state index contributed by atoms with van der Waals surface area (Å²) in [5.74, 6) is -0.266. The number of nitrogens with two attached hydrogens (primary N) is 1. The lowest BCUT2D eigenvalue weighted by Gasteiger charge is -2.26. The van der Waals surface area contributed by atoms with Crippen LogP contribution in [0.4, 0.5) is 0 Å². The van der Waals surface area contributed by atoms with Crippen LogP contribution in [0.25, 0.3) is 0 Å². The number of carbonyl (C=O) groups excluding carboxylic acids is 5. The predicted octanol–water partition coefficient (Wildman–Crippen LogP) is 3.00. The van der Waals surface area contributed by atoms with Crippen LogP contribution >= 0.6 is 11.8 Å². The molecule has 1 aliphatic heterocycles. The Labute approximate surface area is 217 Å². The van der Waals surface area contributed by atoms with Gasteiger partial charge in [0.2, 0.25) is 23.6 Å². The molecule has 0 spiro atoms. The molecule has 3 N–H and O–H groups in total. The van der Waals surface area contributed by atoms with Crippen molar-refractivity contribution in [2.45, 2.75) is 98.3 Å². The Hall–Kier alpha value is -1.94. The van der Waals surface area contributed by atoms with Crippen LogP contribution in [-0.4, -0.2) is 83.4 Å². The average molecular weight is 519 g/mol. The number of nitrogens with zero attached hydrogens (tertiary/aromatic N) is 2. The second-order valence-corrected chi connectivity index (χ2v) is 8.48. The Morgan fingerprint density at radius 3 is 2.11 bits per heavy atom. The van der Waals surface area contributed by atoms with Gasteiger partial charge in [-0.3, -0.25) is 28.9 Å². The molecular formula is C25H50N4O5S. The van der Waals surface area contributed by atoms with Gasteiger partial charge in [-0.05, 0) is 25.5 Å². The zero-order chi connectivity index (χ0) is 28.0. The SMILES string of the molecule is CC.CC.CC.CC(=O)CC(C(=O)NCCN)N(C)C(=O)CCCCCSC1CC(=O)N(C)C1=O. The Morgan fingerprint density at radius 2 is 1.66 bits per heavy atom. The van der Waals surface area contributed by atoms with Crippen LogP contribution < -0.4 is 11.1 Å². The smallest absolute Gasteiger partial charge is 0.243 e. The summed E-state index contributed by atoms with van der Waals surface area (Å²) in [5.41, 5.74) is 5.38. The number of hydrogen-bond donors (Lipinski definition) is 2. The molecule has 1 fully saturated rings. The van der Waals surface area contributed by atoms with Gasteiger partial charge in [0.1, 0.15) is 11.8 Å². The number of amides is 4. The Balaban J connectivity index is -0.00000158. The molecular weight excluding hydrogens is 468 g/mol. The Bertz CT molecular complexity index is 631. The molecule has 1 aliphatic rings. The van der Waals surface area contributed by atoms with Gasteiger partial charge in [0.05, 0.1) is 5.25 Å². The van der Waals surface area contributed by atoms with Gasteiger partial charge in [0.25, 0.3) is 0 Å². The van der Waals surface area contributed by atoms with Crippen LogP contribution in [0.2, 0.25) is 0 Å². The number of ketones is 1. The van der Waals surface area contributed by atoms with Gasteiger partial charge in [0.15, 0.2) is 0 Å². The highest BCUT2D eigenvalue weighted by molar-refractivity contribution is 8.00. The number of thioether (sulfide) groups is 1. The molecule has 0 aromatic carbocycles. The summed E-state index contributed by atoms with van der Waals surface area (Å²) in [5, 5.41) is 2.33. The van der Waals surface area contributed by atoms with Crippen molar-refractivity contribution in [1.29, 1.82) is 0 Å². The third-order valence-electron chi connectivity index (χ3n) is 4.78. The Kier molecular flexibility index (Phi) is 25.6. The van der Waals surface area contributed by atoms with E-state index in [2.05, 4.69) is 5.32 Å². The molecule has 10 heteroatoms. The maximum atomic E-state index is 12.4. The summed E-state index contributed by atoms with van der Waals surface area (Å²) in [7, 11) is 3.04. The third-order valence-corrected chi connectivity index (χ3v) is 6.08. The van der Waals surface area contributed by atoms with E-state index in [1.807, 2.05) is 41.5 Å². The molecule has 35 heavy (non-hydrogen) atoms. The van der Waals surface area contributed by atoms with Crippen molar-refractivity contribution in [3.63, 3.8) is 0 Å². The molecule has 206 valence electrons. The zero-order valence-corrected chi connectivity index (χ0v) is 24.3. The predicted molar refractivity (Wildman–Crippen MR) is 145 cm³/mol. The fourth-order valence-electron chi connectivity index (χ4n) is 2.97. The second kappa shape index (κ2) is 23.8. The minimum absolute atomic E-state index is 0.0299. The molecule has 0 aromatic heterocycles. The highest BCUT2D eigenvalue weighted by Crippen LogP contribution is 2.25. The monoisotopic (exact) mass is 518 g/mol. The highest BCUT2D eigenvalue weighted by atomic mass is 32.2. The van der Waals surface area contributed by atoms with E-state index in [0.29, 0.717) is 6.42 Å². The molecule has 4 amide bonds. The molecule has 1 saturated heterocycles. The van der Waals surface area contributed by atoms with E-state index >= 15 is 0 Å². The van der Waals surface area contributed by atoms with Crippen molar-refractivity contribution in [2.75, 3.05) is 32.9 Å². The first kappa shape index (κ1) is 37.6. The third kappa shape index (κ3) is 15.6. The van der Waals surface area contributed by atoms with Crippen LogP contribution in [0.3, 0.4) is 0 Å². The van der Waals surface area contributed by atoms with E-state index in [9.17, 15) is 24.0 Å². The average Bonchev–Trinajstić information content (AvgIpc) is 3.12. The van der Waals surface area contributed by atoms with Gasteiger partial charge in [0, 0.05) is 46.4 Å². The molecule has 1 heterocycles. The molecule has 0 aromatic rings. The molecule has 2 atom stereocenters. The van der Waals surface area contributed by atoms with Gasteiger partial charge >= 0.3 is 0 Å². The lowest BCUT2D eigenvalue weighted by Crippen LogP contribution is -2.49. The van der Waals surface area contributed by atoms with Crippen molar-refractivity contribution >= 4 is 41.2 Å². The summed E-state index contributed by atoms with van der Waals surface area (Å²) in [6.07, 6.45) is 2.79. The van der Waals surface area contributed by atoms with E-state index in [1.54, 1.807) is 0 Å². The summed E-state index contributed by atoms with van der Waals surface area (Å²) in [6.45, 7) is 14.0. The van der Waals surface area contributed by atoms with Crippen LogP contribution in [0.1, 0.15) is 87.0 Å². The number of rotatable bonds is 13. The molecule has 0 radical (unpaired) electrons. The number of likely N-dealkylation sites (N-methyl/N-ethyl adjacent to an activating group) is 1. The van der Waals surface area contributed by atoms with Crippen molar-refractivity contribution in [3.05, 3.63) is 0 Å². The van der Waals surface area contributed by atoms with Crippen molar-refractivity contribution in [3.8, 4) is 0 Å². The molecule has 1 rings (SSSR count). The number of unbranched alkanes of at least 4 members (excludes halogenated alkanes) is 2. The lowest BCUT2D eigenvalue weighted by atomic mass is 10.1.